The Morgan fingerprint density at radius 3 is 2.09 bits per heavy atom. The zero-order valence-corrected chi connectivity index (χ0v) is 27.5. The molecule has 7 nitrogen and oxygen atoms in total. The third-order valence-corrected chi connectivity index (χ3v) is 8.04. The Labute approximate surface area is 261 Å². The molecule has 0 unspecified atom stereocenters. The first-order valence-electron chi connectivity index (χ1n) is 15.3. The van der Waals surface area contributed by atoms with E-state index >= 15 is 0 Å². The molecular formula is C36H48FN3O4. The SMILES string of the molecule is CC(C)(C)O.CCc1c(C)nc(C)c(-c2ccc3c(c2)CN(C(=O)c2ccc(F)cc2)C3)c1N1CCC(C)(C)CC1.O=CO. The van der Waals surface area contributed by atoms with Crippen molar-refractivity contribution in [3.8, 4) is 11.1 Å². The summed E-state index contributed by atoms with van der Waals surface area (Å²) in [4.78, 5) is 30.8. The molecule has 44 heavy (non-hydrogen) atoms. The number of carbonyl (C=O) groups is 2. The molecule has 0 saturated carbocycles. The zero-order chi connectivity index (χ0) is 32.8. The molecule has 0 spiro atoms. The van der Waals surface area contributed by atoms with Crippen molar-refractivity contribution < 1.29 is 24.2 Å². The van der Waals surface area contributed by atoms with E-state index in [1.54, 1.807) is 32.9 Å². The van der Waals surface area contributed by atoms with Gasteiger partial charge in [0.15, 0.2) is 0 Å². The number of aryl methyl sites for hydroxylation is 2. The second kappa shape index (κ2) is 14.3. The standard InChI is InChI=1S/C31H36FN3O.C4H10O.CH2O2/c1-6-27-20(2)33-21(3)28(29(27)34-15-13-31(4,5)14-16-34)23-7-8-24-18-35(19-25(24)17-23)30(36)22-9-11-26(32)12-10-22;1-4(2,3)5;2-1-3/h7-12,17H,6,13-16,18-19H2,1-5H3;5H,1-3H3;1H,(H,2,3). The van der Waals surface area contributed by atoms with Crippen LogP contribution in [0.3, 0.4) is 0 Å². The molecule has 238 valence electrons. The average molecular weight is 606 g/mol. The van der Waals surface area contributed by atoms with Crippen molar-refractivity contribution in [2.75, 3.05) is 18.0 Å². The summed E-state index contributed by atoms with van der Waals surface area (Å²) in [7, 11) is 0. The van der Waals surface area contributed by atoms with Gasteiger partial charge in [0.25, 0.3) is 12.4 Å². The van der Waals surface area contributed by atoms with Gasteiger partial charge in [-0.25, -0.2) is 4.39 Å². The number of aliphatic hydroxyl groups is 1. The second-order valence-corrected chi connectivity index (χ2v) is 13.4. The van der Waals surface area contributed by atoms with Gasteiger partial charge in [-0.3, -0.25) is 14.6 Å². The molecule has 1 saturated heterocycles. The molecule has 0 bridgehead atoms. The van der Waals surface area contributed by atoms with E-state index in [-0.39, 0.29) is 18.2 Å². The highest BCUT2D eigenvalue weighted by atomic mass is 19.1. The fraction of sp³-hybridized carbons (Fsp3) is 0.472. The van der Waals surface area contributed by atoms with Crippen LogP contribution in [0.4, 0.5) is 10.1 Å². The minimum Gasteiger partial charge on any atom is -0.483 e. The summed E-state index contributed by atoms with van der Waals surface area (Å²) in [6.45, 7) is 19.4. The molecule has 0 aliphatic carbocycles. The zero-order valence-electron chi connectivity index (χ0n) is 27.5. The number of pyridine rings is 1. The lowest BCUT2D eigenvalue weighted by Crippen LogP contribution is -2.38. The number of aromatic nitrogens is 1. The summed E-state index contributed by atoms with van der Waals surface area (Å²) >= 11 is 0. The molecule has 8 heteroatoms. The van der Waals surface area contributed by atoms with Crippen molar-refractivity contribution in [1.29, 1.82) is 0 Å². The normalized spacial score (nSPS) is 15.4. The van der Waals surface area contributed by atoms with E-state index in [9.17, 15) is 9.18 Å². The number of rotatable bonds is 4. The topological polar surface area (TPSA) is 94.0 Å². The van der Waals surface area contributed by atoms with Crippen LogP contribution in [0.15, 0.2) is 42.5 Å². The van der Waals surface area contributed by atoms with Crippen LogP contribution in [-0.2, 0) is 24.3 Å². The first-order chi connectivity index (χ1) is 20.6. The number of nitrogens with zero attached hydrogens (tertiary/aromatic N) is 3. The Hall–Kier alpha value is -3.78. The van der Waals surface area contributed by atoms with E-state index in [1.807, 2.05) is 4.90 Å². The van der Waals surface area contributed by atoms with Crippen LogP contribution in [0.25, 0.3) is 11.1 Å². The molecular weight excluding hydrogens is 557 g/mol. The molecule has 1 aromatic heterocycles. The Morgan fingerprint density at radius 1 is 1.00 bits per heavy atom. The third kappa shape index (κ3) is 8.88. The predicted octanol–water partition coefficient (Wildman–Crippen LogP) is 7.33. The molecule has 1 amide bonds. The Morgan fingerprint density at radius 2 is 1.55 bits per heavy atom. The van der Waals surface area contributed by atoms with E-state index in [0.29, 0.717) is 24.1 Å². The third-order valence-electron chi connectivity index (χ3n) is 8.04. The number of amides is 1. The van der Waals surface area contributed by atoms with Crippen LogP contribution in [0.2, 0.25) is 0 Å². The van der Waals surface area contributed by atoms with Crippen LogP contribution in [0.5, 0.6) is 0 Å². The van der Waals surface area contributed by atoms with Crippen molar-refractivity contribution in [1.82, 2.24) is 9.88 Å². The number of hydrogen-bond acceptors (Lipinski definition) is 5. The van der Waals surface area contributed by atoms with E-state index in [1.165, 1.54) is 58.5 Å². The van der Waals surface area contributed by atoms with Crippen LogP contribution in [0.1, 0.15) is 92.8 Å². The predicted molar refractivity (Wildman–Crippen MR) is 174 cm³/mol. The maximum atomic E-state index is 13.3. The van der Waals surface area contributed by atoms with E-state index in [0.717, 1.165) is 30.9 Å². The molecule has 3 aromatic rings. The van der Waals surface area contributed by atoms with Gasteiger partial charge in [0, 0.05) is 48.7 Å². The molecule has 1 fully saturated rings. The van der Waals surface area contributed by atoms with Crippen molar-refractivity contribution in [3.05, 3.63) is 81.9 Å². The fourth-order valence-electron chi connectivity index (χ4n) is 5.79. The van der Waals surface area contributed by atoms with Gasteiger partial charge < -0.3 is 20.0 Å². The number of benzene rings is 2. The Kier molecular flexibility index (Phi) is 11.3. The summed E-state index contributed by atoms with van der Waals surface area (Å²) in [6, 6.07) is 12.4. The van der Waals surface area contributed by atoms with Gasteiger partial charge in [0.1, 0.15) is 5.82 Å². The summed E-state index contributed by atoms with van der Waals surface area (Å²) in [6.07, 6.45) is 3.31. The Balaban J connectivity index is 0.000000592. The maximum Gasteiger partial charge on any atom is 0.290 e. The highest BCUT2D eigenvalue weighted by Crippen LogP contribution is 2.42. The monoisotopic (exact) mass is 605 g/mol. The van der Waals surface area contributed by atoms with Crippen molar-refractivity contribution in [2.45, 2.75) is 93.3 Å². The molecule has 3 heterocycles. The minimum absolute atomic E-state index is 0.0641. The Bertz CT molecular complexity index is 1450. The van der Waals surface area contributed by atoms with Crippen molar-refractivity contribution >= 4 is 18.1 Å². The lowest BCUT2D eigenvalue weighted by Gasteiger charge is -2.40. The lowest BCUT2D eigenvalue weighted by atomic mass is 9.82. The van der Waals surface area contributed by atoms with Crippen LogP contribution < -0.4 is 4.90 Å². The van der Waals surface area contributed by atoms with Crippen LogP contribution in [0, 0.1) is 25.1 Å². The second-order valence-electron chi connectivity index (χ2n) is 13.4. The first-order valence-corrected chi connectivity index (χ1v) is 15.3. The fourth-order valence-corrected chi connectivity index (χ4v) is 5.79. The molecule has 2 aliphatic rings. The van der Waals surface area contributed by atoms with Gasteiger partial charge in [0.2, 0.25) is 0 Å². The number of carbonyl (C=O) groups excluding carboxylic acids is 1. The maximum absolute atomic E-state index is 13.3. The largest absolute Gasteiger partial charge is 0.483 e. The number of anilines is 1. The molecule has 5 rings (SSSR count). The number of fused-ring (bicyclic) bond motifs is 1. The van der Waals surface area contributed by atoms with Crippen molar-refractivity contribution in [3.63, 3.8) is 0 Å². The molecule has 2 aliphatic heterocycles. The molecule has 2 aromatic carbocycles. The number of piperidine rings is 1. The van der Waals surface area contributed by atoms with E-state index in [4.69, 9.17) is 20.0 Å². The molecule has 2 N–H and O–H groups in total. The van der Waals surface area contributed by atoms with E-state index in [2.05, 4.69) is 57.7 Å². The average Bonchev–Trinajstić information content (AvgIpc) is 3.36. The quantitative estimate of drug-likeness (QED) is 0.303. The highest BCUT2D eigenvalue weighted by molar-refractivity contribution is 5.94. The highest BCUT2D eigenvalue weighted by Gasteiger charge is 2.30. The van der Waals surface area contributed by atoms with Crippen molar-refractivity contribution in [2.24, 2.45) is 5.41 Å². The minimum atomic E-state index is -0.500. The smallest absolute Gasteiger partial charge is 0.290 e. The van der Waals surface area contributed by atoms with Gasteiger partial charge in [0.05, 0.1) is 11.3 Å². The summed E-state index contributed by atoms with van der Waals surface area (Å²) < 4.78 is 13.3. The summed E-state index contributed by atoms with van der Waals surface area (Å²) in [5.41, 5.74) is 10.00. The molecule has 0 atom stereocenters. The van der Waals surface area contributed by atoms with Crippen LogP contribution >= 0.6 is 0 Å². The first kappa shape index (κ1) is 34.7. The van der Waals surface area contributed by atoms with Gasteiger partial charge >= 0.3 is 0 Å². The number of hydrogen-bond donors (Lipinski definition) is 2. The lowest BCUT2D eigenvalue weighted by molar-refractivity contribution is -0.122. The summed E-state index contributed by atoms with van der Waals surface area (Å²) in [5, 5.41) is 15.4. The van der Waals surface area contributed by atoms with Gasteiger partial charge in [-0.05, 0) is 112 Å². The van der Waals surface area contributed by atoms with Crippen LogP contribution in [-0.4, -0.2) is 51.2 Å². The van der Waals surface area contributed by atoms with Gasteiger partial charge in [-0.1, -0.05) is 32.9 Å². The number of carboxylic acid groups (broad SMARTS) is 1. The van der Waals surface area contributed by atoms with Gasteiger partial charge in [-0.15, -0.1) is 0 Å². The summed E-state index contributed by atoms with van der Waals surface area (Å²) in [5.74, 6) is -0.395. The number of halogens is 1. The van der Waals surface area contributed by atoms with E-state index < -0.39 is 5.60 Å². The van der Waals surface area contributed by atoms with Gasteiger partial charge in [-0.2, -0.15) is 0 Å². The molecule has 0 radical (unpaired) electrons.